The number of halogens is 1. The van der Waals surface area contributed by atoms with E-state index >= 15 is 0 Å². The Hall–Kier alpha value is -1.25. The number of hydrogen-bond acceptors (Lipinski definition) is 7. The van der Waals surface area contributed by atoms with Crippen molar-refractivity contribution in [1.82, 2.24) is 19.5 Å². The molecule has 0 saturated heterocycles. The number of nitrogens with zero attached hydrogens (tertiary/aromatic N) is 4. The highest BCUT2D eigenvalue weighted by Crippen LogP contribution is 2.47. The molecule has 2 atom stereocenters. The molecule has 0 saturated carbocycles. The van der Waals surface area contributed by atoms with Crippen LogP contribution in [-0.2, 0) is 20.4 Å². The number of aromatic nitrogens is 4. The molecule has 2 heterocycles. The molecule has 2 aromatic rings. The molecule has 0 spiro atoms. The minimum absolute atomic E-state index is 0.300. The Labute approximate surface area is 119 Å². The molecule has 0 radical (unpaired) electrons. The van der Waals surface area contributed by atoms with Crippen LogP contribution in [0.3, 0.4) is 0 Å². The smallest absolute Gasteiger partial charge is 0.382 e. The predicted octanol–water partition coefficient (Wildman–Crippen LogP) is 1.13. The molecule has 2 aromatic heterocycles. The molecule has 0 aliphatic carbocycles. The molecule has 110 valence electrons. The minimum atomic E-state index is -4.05. The molecule has 0 fully saturated rings. The van der Waals surface area contributed by atoms with Crippen molar-refractivity contribution in [2.45, 2.75) is 19.6 Å². The largest absolute Gasteiger partial charge is 0.423 e. The minimum Gasteiger partial charge on any atom is -0.382 e. The van der Waals surface area contributed by atoms with Crippen molar-refractivity contribution in [3.05, 3.63) is 12.7 Å². The molecule has 0 aliphatic rings. The van der Waals surface area contributed by atoms with Crippen molar-refractivity contribution >= 4 is 35.2 Å². The van der Waals surface area contributed by atoms with E-state index in [0.717, 1.165) is 0 Å². The lowest BCUT2D eigenvalue weighted by atomic mass is 10.4. The van der Waals surface area contributed by atoms with E-state index < -0.39 is 6.95 Å². The van der Waals surface area contributed by atoms with Crippen LogP contribution >= 0.6 is 18.2 Å². The molecule has 0 aliphatic heterocycles. The van der Waals surface area contributed by atoms with Crippen molar-refractivity contribution in [2.24, 2.45) is 0 Å². The fraction of sp³-hybridized carbons (Fsp3) is 0.444. The molecule has 0 aromatic carbocycles. The van der Waals surface area contributed by atoms with Gasteiger partial charge in [0.1, 0.15) is 11.8 Å². The SMILES string of the molecule is CC(Cn1cnc2c(N)ncnc21)OCOP(=O)(O)Cl. The topological polar surface area (TPSA) is 125 Å². The van der Waals surface area contributed by atoms with Crippen LogP contribution < -0.4 is 5.73 Å². The van der Waals surface area contributed by atoms with E-state index in [1.807, 2.05) is 0 Å². The number of ether oxygens (including phenoxy) is 1. The van der Waals surface area contributed by atoms with Gasteiger partial charge >= 0.3 is 6.95 Å². The Morgan fingerprint density at radius 1 is 1.55 bits per heavy atom. The van der Waals surface area contributed by atoms with Crippen LogP contribution in [0.2, 0.25) is 0 Å². The molecule has 3 N–H and O–H groups in total. The van der Waals surface area contributed by atoms with Gasteiger partial charge in [-0.1, -0.05) is 0 Å². The summed E-state index contributed by atoms with van der Waals surface area (Å²) in [5.74, 6) is 0.300. The van der Waals surface area contributed by atoms with Gasteiger partial charge in [0, 0.05) is 11.2 Å². The summed E-state index contributed by atoms with van der Waals surface area (Å²) in [4.78, 5) is 20.8. The number of hydrogen-bond donors (Lipinski definition) is 2. The summed E-state index contributed by atoms with van der Waals surface area (Å²) in [7, 11) is 0. The maximum Gasteiger partial charge on any atom is 0.423 e. The number of rotatable bonds is 6. The van der Waals surface area contributed by atoms with Crippen molar-refractivity contribution in [1.29, 1.82) is 0 Å². The lowest BCUT2D eigenvalue weighted by molar-refractivity contribution is -0.0358. The highest BCUT2D eigenvalue weighted by Gasteiger charge is 2.15. The Morgan fingerprint density at radius 2 is 2.30 bits per heavy atom. The highest BCUT2D eigenvalue weighted by molar-refractivity contribution is 7.80. The van der Waals surface area contributed by atoms with Gasteiger partial charge in [-0.25, -0.2) is 19.5 Å². The van der Waals surface area contributed by atoms with Gasteiger partial charge in [-0.05, 0) is 6.92 Å². The van der Waals surface area contributed by atoms with Crippen LogP contribution in [0.1, 0.15) is 6.92 Å². The summed E-state index contributed by atoms with van der Waals surface area (Å²) in [5.41, 5.74) is 6.77. The average Bonchev–Trinajstić information content (AvgIpc) is 2.72. The quantitative estimate of drug-likeness (QED) is 0.599. The third kappa shape index (κ3) is 3.87. The molecule has 0 amide bonds. The van der Waals surface area contributed by atoms with Crippen LogP contribution in [0, 0.1) is 0 Å². The Balaban J connectivity index is 1.98. The fourth-order valence-electron chi connectivity index (χ4n) is 1.57. The van der Waals surface area contributed by atoms with E-state index in [9.17, 15) is 4.57 Å². The van der Waals surface area contributed by atoms with Crippen LogP contribution in [0.5, 0.6) is 0 Å². The number of imidazole rings is 1. The maximum atomic E-state index is 10.7. The van der Waals surface area contributed by atoms with Crippen LogP contribution in [0.25, 0.3) is 11.2 Å². The van der Waals surface area contributed by atoms with E-state index in [4.69, 9.17) is 26.6 Å². The van der Waals surface area contributed by atoms with Gasteiger partial charge in [0.2, 0.25) is 0 Å². The summed E-state index contributed by atoms with van der Waals surface area (Å²) in [6.45, 7) is -2.26. The molecule has 20 heavy (non-hydrogen) atoms. The van der Waals surface area contributed by atoms with E-state index in [1.165, 1.54) is 6.33 Å². The number of anilines is 1. The first kappa shape index (κ1) is 15.1. The van der Waals surface area contributed by atoms with Gasteiger partial charge in [-0.2, -0.15) is 0 Å². The zero-order valence-corrected chi connectivity index (χ0v) is 12.2. The summed E-state index contributed by atoms with van der Waals surface area (Å²) in [6, 6.07) is 0. The van der Waals surface area contributed by atoms with Crippen LogP contribution in [0.4, 0.5) is 5.82 Å². The predicted molar refractivity (Wildman–Crippen MR) is 71.9 cm³/mol. The third-order valence-electron chi connectivity index (χ3n) is 2.45. The zero-order chi connectivity index (χ0) is 14.8. The maximum absolute atomic E-state index is 10.7. The zero-order valence-electron chi connectivity index (χ0n) is 10.5. The van der Waals surface area contributed by atoms with Crippen LogP contribution in [-0.4, -0.2) is 37.3 Å². The third-order valence-corrected chi connectivity index (χ3v) is 3.16. The van der Waals surface area contributed by atoms with Crippen molar-refractivity contribution in [3.63, 3.8) is 0 Å². The first-order valence-electron chi connectivity index (χ1n) is 5.56. The van der Waals surface area contributed by atoms with E-state index in [2.05, 4.69) is 19.5 Å². The lowest BCUT2D eigenvalue weighted by Gasteiger charge is -2.14. The summed E-state index contributed by atoms with van der Waals surface area (Å²) >= 11 is 5.02. The Morgan fingerprint density at radius 3 is 3.00 bits per heavy atom. The number of nitrogen functional groups attached to an aromatic ring is 1. The summed E-state index contributed by atoms with van der Waals surface area (Å²) in [5, 5.41) is 0. The Kier molecular flexibility index (Phi) is 4.56. The van der Waals surface area contributed by atoms with Crippen LogP contribution in [0.15, 0.2) is 12.7 Å². The van der Waals surface area contributed by atoms with Gasteiger partial charge in [-0.3, -0.25) is 4.52 Å². The molecular formula is C9H13ClN5O4P. The molecule has 0 bridgehead atoms. The van der Waals surface area contributed by atoms with E-state index in [0.29, 0.717) is 23.5 Å². The number of fused-ring (bicyclic) bond motifs is 1. The molecular weight excluding hydrogens is 309 g/mol. The average molecular weight is 322 g/mol. The summed E-state index contributed by atoms with van der Waals surface area (Å²) in [6.07, 6.45) is 2.60. The van der Waals surface area contributed by atoms with Gasteiger partial charge in [0.15, 0.2) is 18.3 Å². The van der Waals surface area contributed by atoms with Gasteiger partial charge < -0.3 is 19.9 Å². The van der Waals surface area contributed by atoms with Crippen molar-refractivity contribution in [3.8, 4) is 0 Å². The lowest BCUT2D eigenvalue weighted by Crippen LogP contribution is -2.17. The second kappa shape index (κ2) is 6.02. The second-order valence-corrected chi connectivity index (χ2v) is 6.45. The Bertz CT molecular complexity index is 644. The van der Waals surface area contributed by atoms with Gasteiger partial charge in [0.25, 0.3) is 0 Å². The monoisotopic (exact) mass is 321 g/mol. The normalized spacial score (nSPS) is 16.1. The standard InChI is InChI=1S/C9H13ClN5O4P/c1-6(18-5-19-20(10,16)17)2-15-4-14-7-8(11)12-3-13-9(7)15/h3-4,6H,2,5H2,1H3,(H,16,17)(H2,11,12,13). The van der Waals surface area contributed by atoms with Gasteiger partial charge in [0.05, 0.1) is 19.0 Å². The molecule has 11 heteroatoms. The number of nitrogens with two attached hydrogens (primary N) is 1. The summed E-state index contributed by atoms with van der Waals surface area (Å²) < 4.78 is 22.0. The highest BCUT2D eigenvalue weighted by atomic mass is 35.7. The second-order valence-electron chi connectivity index (χ2n) is 4.00. The first-order chi connectivity index (χ1) is 9.37. The molecule has 9 nitrogen and oxygen atoms in total. The fourth-order valence-corrected chi connectivity index (χ4v) is 1.88. The van der Waals surface area contributed by atoms with Crippen molar-refractivity contribution in [2.75, 3.05) is 12.5 Å². The van der Waals surface area contributed by atoms with Crippen molar-refractivity contribution < 1.29 is 18.7 Å². The molecule has 2 rings (SSSR count). The first-order valence-corrected chi connectivity index (χ1v) is 8.05. The molecule has 2 unspecified atom stereocenters. The van der Waals surface area contributed by atoms with Gasteiger partial charge in [-0.15, -0.1) is 0 Å². The van der Waals surface area contributed by atoms with E-state index in [-0.39, 0.29) is 12.9 Å². The van der Waals surface area contributed by atoms with E-state index in [1.54, 1.807) is 17.8 Å².